The largest absolute Gasteiger partial charge is 0.478 e. The van der Waals surface area contributed by atoms with Gasteiger partial charge in [-0.3, -0.25) is 9.48 Å². The first-order chi connectivity index (χ1) is 12.7. The lowest BCUT2D eigenvalue weighted by Gasteiger charge is -2.40. The van der Waals surface area contributed by atoms with Crippen LogP contribution in [0.3, 0.4) is 0 Å². The van der Waals surface area contributed by atoms with E-state index < -0.39 is 34.7 Å². The predicted molar refractivity (Wildman–Crippen MR) is 84.8 cm³/mol. The fraction of sp³-hybridized carbons (Fsp3) is 0.412. The van der Waals surface area contributed by atoms with Gasteiger partial charge in [0.25, 0.3) is 11.7 Å². The van der Waals surface area contributed by atoms with Crippen molar-refractivity contribution < 1.29 is 27.1 Å². The summed E-state index contributed by atoms with van der Waals surface area (Å²) in [5.74, 6) is -2.14. The summed E-state index contributed by atoms with van der Waals surface area (Å²) >= 11 is 0. The average molecular weight is 382 g/mol. The number of methoxy groups -OCH3 is 1. The molecule has 10 heteroatoms. The van der Waals surface area contributed by atoms with Crippen LogP contribution in [0.1, 0.15) is 30.4 Å². The van der Waals surface area contributed by atoms with E-state index in [-0.39, 0.29) is 17.9 Å². The van der Waals surface area contributed by atoms with Gasteiger partial charge in [-0.15, -0.1) is 10.1 Å². The summed E-state index contributed by atoms with van der Waals surface area (Å²) in [5.41, 5.74) is -2.27. The van der Waals surface area contributed by atoms with Crippen LogP contribution in [-0.4, -0.2) is 27.7 Å². The molecule has 1 aliphatic carbocycles. The molecule has 0 saturated heterocycles. The minimum absolute atomic E-state index is 0.0330. The number of carbonyl (C=O) groups is 1. The number of alkyl halides is 3. The van der Waals surface area contributed by atoms with Crippen molar-refractivity contribution in [2.24, 2.45) is 0 Å². The van der Waals surface area contributed by atoms with Gasteiger partial charge in [-0.25, -0.2) is 0 Å². The molecule has 1 saturated carbocycles. The minimum atomic E-state index is -4.75. The number of aromatic nitrogens is 3. The topological polar surface area (TPSA) is 61.4 Å². The lowest BCUT2D eigenvalue weighted by Crippen LogP contribution is -2.49. The number of nitrogens with zero attached hydrogens (tertiary/aromatic N) is 4. The van der Waals surface area contributed by atoms with Crippen molar-refractivity contribution in [2.45, 2.75) is 37.4 Å². The minimum Gasteiger partial charge on any atom is -0.478 e. The van der Waals surface area contributed by atoms with Gasteiger partial charge in [0.2, 0.25) is 5.82 Å². The van der Waals surface area contributed by atoms with Gasteiger partial charge in [0.15, 0.2) is 5.78 Å². The van der Waals surface area contributed by atoms with E-state index in [0.717, 1.165) is 18.5 Å². The summed E-state index contributed by atoms with van der Waals surface area (Å²) in [4.78, 5) is 19.1. The number of Topliss-reactive ketones (excluding diaryl/α,β-unsaturated/α-hetero) is 1. The Labute approximate surface area is 151 Å². The van der Waals surface area contributed by atoms with Crippen molar-refractivity contribution in [3.05, 3.63) is 46.8 Å². The molecular weight excluding hydrogens is 368 g/mol. The van der Waals surface area contributed by atoms with Crippen molar-refractivity contribution in [1.82, 2.24) is 14.8 Å². The van der Waals surface area contributed by atoms with Gasteiger partial charge >= 0.3 is 6.18 Å². The Bertz CT molecular complexity index is 926. The summed E-state index contributed by atoms with van der Waals surface area (Å²) in [7, 11) is 1.24. The van der Waals surface area contributed by atoms with Crippen molar-refractivity contribution in [1.29, 1.82) is 0 Å². The third-order valence-electron chi connectivity index (χ3n) is 4.67. The molecule has 1 aliphatic rings. The molecule has 2 heterocycles. The summed E-state index contributed by atoms with van der Waals surface area (Å²) < 4.78 is 59.0. The van der Waals surface area contributed by atoms with Crippen molar-refractivity contribution in [3.63, 3.8) is 0 Å². The Morgan fingerprint density at radius 2 is 2.15 bits per heavy atom. The molecule has 2 aromatic rings. The second-order valence-corrected chi connectivity index (χ2v) is 6.24. The third-order valence-corrected chi connectivity index (χ3v) is 4.67. The molecule has 0 spiro atoms. The highest BCUT2D eigenvalue weighted by atomic mass is 19.4. The number of carbonyl (C=O) groups excluding carboxylic acids is 1. The lowest BCUT2D eigenvalue weighted by atomic mass is 9.72. The first-order valence-electron chi connectivity index (χ1n) is 7.98. The van der Waals surface area contributed by atoms with E-state index in [4.69, 9.17) is 11.3 Å². The Kier molecular flexibility index (Phi) is 4.63. The van der Waals surface area contributed by atoms with Crippen molar-refractivity contribution in [2.75, 3.05) is 7.11 Å². The van der Waals surface area contributed by atoms with Crippen LogP contribution in [0, 0.1) is 12.4 Å². The standard InChI is InChI=1S/C17H14F4N4O2/c1-22-14-11(17(19,20)21)6-10(8-23-14)7-13(26)16(4-3-5-16)25-9-12(18)15(24-25)27-2/h6,8-9H,3-5,7H2,2H3. The number of hydrogen-bond donors (Lipinski definition) is 0. The van der Waals surface area contributed by atoms with E-state index in [9.17, 15) is 22.4 Å². The molecule has 0 amide bonds. The van der Waals surface area contributed by atoms with Crippen LogP contribution in [0.25, 0.3) is 4.85 Å². The van der Waals surface area contributed by atoms with Crippen molar-refractivity contribution in [3.8, 4) is 5.88 Å². The fourth-order valence-electron chi connectivity index (χ4n) is 3.09. The fourth-order valence-corrected chi connectivity index (χ4v) is 3.09. The number of ketones is 1. The first-order valence-corrected chi connectivity index (χ1v) is 7.98. The molecule has 2 aromatic heterocycles. The molecule has 3 rings (SSSR count). The Hall–Kier alpha value is -2.96. The van der Waals surface area contributed by atoms with Gasteiger partial charge in [0, 0.05) is 12.0 Å². The SMILES string of the molecule is [C-]#[N+]c1ncc(CC(=O)C2(n3cc(F)c(OC)n3)CCC2)cc1C(F)(F)F. The van der Waals surface area contributed by atoms with E-state index in [1.54, 1.807) is 0 Å². The second kappa shape index (κ2) is 6.64. The molecule has 0 unspecified atom stereocenters. The normalized spacial score (nSPS) is 15.7. The summed E-state index contributed by atoms with van der Waals surface area (Å²) in [5, 5.41) is 3.93. The second-order valence-electron chi connectivity index (χ2n) is 6.24. The smallest absolute Gasteiger partial charge is 0.409 e. The molecular formula is C17H14F4N4O2. The molecule has 27 heavy (non-hydrogen) atoms. The van der Waals surface area contributed by atoms with Gasteiger partial charge in [-0.2, -0.15) is 17.6 Å². The number of halogens is 4. The number of hydrogen-bond acceptors (Lipinski definition) is 4. The van der Waals surface area contributed by atoms with Crippen molar-refractivity contribution >= 4 is 11.6 Å². The van der Waals surface area contributed by atoms with Crippen LogP contribution >= 0.6 is 0 Å². The van der Waals surface area contributed by atoms with Gasteiger partial charge in [-0.1, -0.05) is 12.6 Å². The third kappa shape index (κ3) is 3.25. The van der Waals surface area contributed by atoms with Crippen LogP contribution in [0.15, 0.2) is 18.5 Å². The zero-order chi connectivity index (χ0) is 19.8. The highest BCUT2D eigenvalue weighted by molar-refractivity contribution is 5.89. The summed E-state index contributed by atoms with van der Waals surface area (Å²) in [6.07, 6.45) is -1.45. The molecule has 6 nitrogen and oxygen atoms in total. The molecule has 0 aromatic carbocycles. The molecule has 0 radical (unpaired) electrons. The van der Waals surface area contributed by atoms with Gasteiger partial charge in [0.1, 0.15) is 11.7 Å². The Morgan fingerprint density at radius 1 is 1.44 bits per heavy atom. The van der Waals surface area contributed by atoms with Gasteiger partial charge < -0.3 is 9.58 Å². The van der Waals surface area contributed by atoms with Gasteiger partial charge in [0.05, 0.1) is 18.9 Å². The zero-order valence-electron chi connectivity index (χ0n) is 14.2. The predicted octanol–water partition coefficient (Wildman–Crippen LogP) is 3.69. The average Bonchev–Trinajstić information content (AvgIpc) is 2.94. The first kappa shape index (κ1) is 18.8. The quantitative estimate of drug-likeness (QED) is 0.585. The van der Waals surface area contributed by atoms with E-state index >= 15 is 0 Å². The van der Waals surface area contributed by atoms with Crippen LogP contribution in [0.5, 0.6) is 5.88 Å². The lowest BCUT2D eigenvalue weighted by molar-refractivity contribution is -0.137. The molecule has 1 fully saturated rings. The molecule has 142 valence electrons. The zero-order valence-corrected chi connectivity index (χ0v) is 14.2. The number of rotatable bonds is 5. The number of ether oxygens (including phenoxy) is 1. The summed E-state index contributed by atoms with van der Waals surface area (Å²) in [6, 6.07) is 0.759. The van der Waals surface area contributed by atoms with Crippen LogP contribution < -0.4 is 4.74 Å². The Morgan fingerprint density at radius 3 is 2.63 bits per heavy atom. The highest BCUT2D eigenvalue weighted by Gasteiger charge is 2.47. The summed E-state index contributed by atoms with van der Waals surface area (Å²) in [6.45, 7) is 6.80. The van der Waals surface area contributed by atoms with E-state index in [0.29, 0.717) is 19.3 Å². The van der Waals surface area contributed by atoms with Crippen LogP contribution in [-0.2, 0) is 22.9 Å². The maximum Gasteiger partial charge on any atom is 0.409 e. The van der Waals surface area contributed by atoms with Gasteiger partial charge in [-0.05, 0) is 19.3 Å². The molecule has 0 N–H and O–H groups in total. The van der Waals surface area contributed by atoms with Crippen LogP contribution in [0.2, 0.25) is 0 Å². The van der Waals surface area contributed by atoms with E-state index in [1.807, 2.05) is 0 Å². The number of pyridine rings is 1. The maximum absolute atomic E-state index is 13.8. The maximum atomic E-state index is 13.8. The molecule has 0 aliphatic heterocycles. The van der Waals surface area contributed by atoms with E-state index in [1.165, 1.54) is 11.8 Å². The monoisotopic (exact) mass is 382 g/mol. The highest BCUT2D eigenvalue weighted by Crippen LogP contribution is 2.42. The molecule has 0 atom stereocenters. The molecule has 0 bridgehead atoms. The Balaban J connectivity index is 1.91. The van der Waals surface area contributed by atoms with E-state index in [2.05, 4.69) is 14.9 Å². The van der Waals surface area contributed by atoms with Crippen LogP contribution in [0.4, 0.5) is 23.4 Å².